The molecule has 1 unspecified atom stereocenters. The van der Waals surface area contributed by atoms with Gasteiger partial charge in [0, 0.05) is 25.3 Å². The molecule has 3 rings (SSSR count). The summed E-state index contributed by atoms with van der Waals surface area (Å²) < 4.78 is 13.9. The van der Waals surface area contributed by atoms with Crippen molar-refractivity contribution in [1.29, 1.82) is 5.26 Å². The largest absolute Gasteiger partial charge is 0.378 e. The van der Waals surface area contributed by atoms with E-state index in [1.807, 2.05) is 6.07 Å². The third kappa shape index (κ3) is 3.29. The number of carbonyl (C=O) groups excluding carboxylic acids is 1. The number of amides is 1. The maximum atomic E-state index is 13.9. The zero-order valence-electron chi connectivity index (χ0n) is 12.4. The second kappa shape index (κ2) is 6.44. The van der Waals surface area contributed by atoms with Crippen LogP contribution in [0.4, 0.5) is 10.1 Å². The molecule has 1 N–H and O–H groups in total. The van der Waals surface area contributed by atoms with E-state index in [1.165, 1.54) is 6.07 Å². The first-order chi connectivity index (χ1) is 11.2. The van der Waals surface area contributed by atoms with E-state index >= 15 is 0 Å². The summed E-state index contributed by atoms with van der Waals surface area (Å²) in [7, 11) is 0. The highest BCUT2D eigenvalue weighted by Crippen LogP contribution is 2.20. The highest BCUT2D eigenvalue weighted by Gasteiger charge is 2.27. The molecule has 0 saturated carbocycles. The van der Waals surface area contributed by atoms with E-state index < -0.39 is 5.82 Å². The molecule has 5 nitrogen and oxygen atoms in total. The number of nitrogens with zero attached hydrogens (tertiary/aromatic N) is 3. The highest BCUT2D eigenvalue weighted by molar-refractivity contribution is 5.92. The van der Waals surface area contributed by atoms with Crippen LogP contribution in [0.1, 0.15) is 22.5 Å². The fourth-order valence-electron chi connectivity index (χ4n) is 2.64. The van der Waals surface area contributed by atoms with Gasteiger partial charge in [-0.3, -0.25) is 9.78 Å². The van der Waals surface area contributed by atoms with Crippen molar-refractivity contribution in [3.8, 4) is 6.07 Å². The Morgan fingerprint density at radius 1 is 1.39 bits per heavy atom. The van der Waals surface area contributed by atoms with Crippen LogP contribution in [-0.4, -0.2) is 34.9 Å². The average molecular weight is 310 g/mol. The van der Waals surface area contributed by atoms with Crippen molar-refractivity contribution in [2.24, 2.45) is 0 Å². The summed E-state index contributed by atoms with van der Waals surface area (Å²) in [4.78, 5) is 18.1. The van der Waals surface area contributed by atoms with Gasteiger partial charge in [-0.1, -0.05) is 6.07 Å². The number of nitrogens with one attached hydrogen (secondary N) is 1. The van der Waals surface area contributed by atoms with E-state index in [2.05, 4.69) is 10.3 Å². The van der Waals surface area contributed by atoms with E-state index in [0.717, 1.165) is 6.42 Å². The molecule has 1 aliphatic rings. The van der Waals surface area contributed by atoms with Crippen molar-refractivity contribution in [3.05, 3.63) is 59.7 Å². The van der Waals surface area contributed by atoms with Gasteiger partial charge < -0.3 is 10.2 Å². The third-order valence-electron chi connectivity index (χ3n) is 3.82. The summed E-state index contributed by atoms with van der Waals surface area (Å²) in [5, 5.41) is 11.9. The van der Waals surface area contributed by atoms with E-state index in [-0.39, 0.29) is 17.5 Å². The standard InChI is InChI=1S/C17H15FN4O/c18-14-9-12(10-19)4-5-15(14)21-13-6-8-22(11-13)17(23)16-3-1-2-7-20-16/h1-5,7,9,13,21H,6,8,11H2. The minimum atomic E-state index is -0.460. The normalized spacial score (nSPS) is 16.9. The average Bonchev–Trinajstić information content (AvgIpc) is 3.05. The second-order valence-electron chi connectivity index (χ2n) is 5.40. The Morgan fingerprint density at radius 2 is 2.26 bits per heavy atom. The predicted molar refractivity (Wildman–Crippen MR) is 83.3 cm³/mol. The van der Waals surface area contributed by atoms with Gasteiger partial charge in [0.25, 0.3) is 5.91 Å². The smallest absolute Gasteiger partial charge is 0.272 e. The van der Waals surface area contributed by atoms with Crippen molar-refractivity contribution in [3.63, 3.8) is 0 Å². The van der Waals surface area contributed by atoms with Crippen LogP contribution in [0.3, 0.4) is 0 Å². The Labute approximate surface area is 133 Å². The molecule has 2 heterocycles. The number of benzene rings is 1. The molecule has 1 aromatic heterocycles. The van der Waals surface area contributed by atoms with Crippen LogP contribution in [0.5, 0.6) is 0 Å². The molecule has 1 amide bonds. The molecule has 0 radical (unpaired) electrons. The quantitative estimate of drug-likeness (QED) is 0.945. The van der Waals surface area contributed by atoms with Gasteiger partial charge in [-0.25, -0.2) is 4.39 Å². The molecule has 23 heavy (non-hydrogen) atoms. The molecule has 1 atom stereocenters. The molecule has 1 fully saturated rings. The van der Waals surface area contributed by atoms with Crippen LogP contribution in [0, 0.1) is 17.1 Å². The number of likely N-dealkylation sites (tertiary alicyclic amines) is 1. The third-order valence-corrected chi connectivity index (χ3v) is 3.82. The predicted octanol–water partition coefficient (Wildman–Crippen LogP) is 2.42. The van der Waals surface area contributed by atoms with Crippen LogP contribution in [0.25, 0.3) is 0 Å². The van der Waals surface area contributed by atoms with Gasteiger partial charge in [0.15, 0.2) is 0 Å². The first-order valence-electron chi connectivity index (χ1n) is 7.34. The van der Waals surface area contributed by atoms with Gasteiger partial charge >= 0.3 is 0 Å². The van der Waals surface area contributed by atoms with Crippen LogP contribution < -0.4 is 5.32 Å². The van der Waals surface area contributed by atoms with E-state index in [9.17, 15) is 9.18 Å². The Hall–Kier alpha value is -2.94. The fourth-order valence-corrected chi connectivity index (χ4v) is 2.64. The maximum absolute atomic E-state index is 13.9. The number of rotatable bonds is 3. The zero-order chi connectivity index (χ0) is 16.2. The minimum Gasteiger partial charge on any atom is -0.378 e. The Balaban J connectivity index is 1.64. The number of aromatic nitrogens is 1. The molecule has 1 aromatic carbocycles. The number of hydrogen-bond donors (Lipinski definition) is 1. The van der Waals surface area contributed by atoms with Crippen molar-refractivity contribution in [2.75, 3.05) is 18.4 Å². The lowest BCUT2D eigenvalue weighted by Gasteiger charge is -2.17. The van der Waals surface area contributed by atoms with E-state index in [1.54, 1.807) is 41.4 Å². The van der Waals surface area contributed by atoms with Crippen molar-refractivity contribution < 1.29 is 9.18 Å². The van der Waals surface area contributed by atoms with Gasteiger partial charge in [0.2, 0.25) is 0 Å². The number of halogens is 1. The number of anilines is 1. The van der Waals surface area contributed by atoms with Crippen molar-refractivity contribution in [2.45, 2.75) is 12.5 Å². The number of hydrogen-bond acceptors (Lipinski definition) is 4. The Bertz CT molecular complexity index is 757. The highest BCUT2D eigenvalue weighted by atomic mass is 19.1. The van der Waals surface area contributed by atoms with E-state index in [0.29, 0.717) is 24.5 Å². The molecule has 1 saturated heterocycles. The number of carbonyl (C=O) groups is 1. The summed E-state index contributed by atoms with van der Waals surface area (Å²) in [6.45, 7) is 1.10. The monoisotopic (exact) mass is 310 g/mol. The molecule has 6 heteroatoms. The van der Waals surface area contributed by atoms with Gasteiger partial charge in [0.1, 0.15) is 11.5 Å². The van der Waals surface area contributed by atoms with Crippen LogP contribution in [0.2, 0.25) is 0 Å². The molecule has 1 aliphatic heterocycles. The number of pyridine rings is 1. The summed E-state index contributed by atoms with van der Waals surface area (Å²) >= 11 is 0. The summed E-state index contributed by atoms with van der Waals surface area (Å²) in [6.07, 6.45) is 2.32. The van der Waals surface area contributed by atoms with Crippen molar-refractivity contribution >= 4 is 11.6 Å². The maximum Gasteiger partial charge on any atom is 0.272 e. The molecule has 2 aromatic rings. The fraction of sp³-hybridized carbons (Fsp3) is 0.235. The molecule has 116 valence electrons. The number of nitriles is 1. The van der Waals surface area contributed by atoms with Crippen LogP contribution in [-0.2, 0) is 0 Å². The first kappa shape index (κ1) is 15.0. The zero-order valence-corrected chi connectivity index (χ0v) is 12.4. The van der Waals surface area contributed by atoms with Crippen LogP contribution in [0.15, 0.2) is 42.6 Å². The molecular weight excluding hydrogens is 295 g/mol. The summed E-state index contributed by atoms with van der Waals surface area (Å²) in [6, 6.07) is 11.4. The molecule has 0 bridgehead atoms. The lowest BCUT2D eigenvalue weighted by Crippen LogP contribution is -2.32. The first-order valence-corrected chi connectivity index (χ1v) is 7.34. The van der Waals surface area contributed by atoms with Gasteiger partial charge in [-0.2, -0.15) is 5.26 Å². The topological polar surface area (TPSA) is 69.0 Å². The lowest BCUT2D eigenvalue weighted by atomic mass is 10.2. The summed E-state index contributed by atoms with van der Waals surface area (Å²) in [5.41, 5.74) is 1.05. The SMILES string of the molecule is N#Cc1ccc(NC2CCN(C(=O)c3ccccn3)C2)c(F)c1. The van der Waals surface area contributed by atoms with Crippen molar-refractivity contribution in [1.82, 2.24) is 9.88 Å². The van der Waals surface area contributed by atoms with Crippen LogP contribution >= 0.6 is 0 Å². The van der Waals surface area contributed by atoms with E-state index in [4.69, 9.17) is 5.26 Å². The minimum absolute atomic E-state index is 0.0231. The van der Waals surface area contributed by atoms with Gasteiger partial charge in [-0.05, 0) is 36.8 Å². The Morgan fingerprint density at radius 3 is 2.96 bits per heavy atom. The molecule has 0 aliphatic carbocycles. The second-order valence-corrected chi connectivity index (χ2v) is 5.40. The Kier molecular flexibility index (Phi) is 4.20. The molecule has 0 spiro atoms. The van der Waals surface area contributed by atoms with Gasteiger partial charge in [-0.15, -0.1) is 0 Å². The summed E-state index contributed by atoms with van der Waals surface area (Å²) in [5.74, 6) is -0.575. The lowest BCUT2D eigenvalue weighted by molar-refractivity contribution is 0.0786. The molecular formula is C17H15FN4O. The van der Waals surface area contributed by atoms with Gasteiger partial charge in [0.05, 0.1) is 17.3 Å².